The standard InChI is InChI=1S/C8H3F4NO2/c9-6-2-1-5(15-8(10,11)12)3-7(6)13-4-14/h1-3H. The predicted octanol–water partition coefficient (Wildman–Crippen LogP) is 2.69. The first-order valence-corrected chi connectivity index (χ1v) is 3.55. The van der Waals surface area contributed by atoms with Crippen molar-refractivity contribution >= 4 is 11.8 Å². The number of hydrogen-bond donors (Lipinski definition) is 0. The van der Waals surface area contributed by atoms with Crippen LogP contribution in [0.25, 0.3) is 0 Å². The van der Waals surface area contributed by atoms with Crippen LogP contribution in [0.5, 0.6) is 5.75 Å². The van der Waals surface area contributed by atoms with Crippen molar-refractivity contribution in [2.75, 3.05) is 0 Å². The van der Waals surface area contributed by atoms with Crippen molar-refractivity contribution in [1.82, 2.24) is 0 Å². The van der Waals surface area contributed by atoms with Crippen LogP contribution in [-0.4, -0.2) is 12.4 Å². The summed E-state index contributed by atoms with van der Waals surface area (Å²) in [5.74, 6) is -1.59. The van der Waals surface area contributed by atoms with E-state index in [-0.39, 0.29) is 0 Å². The molecule has 0 radical (unpaired) electrons. The molecular weight excluding hydrogens is 218 g/mol. The third-order valence-electron chi connectivity index (χ3n) is 1.32. The number of benzene rings is 1. The third kappa shape index (κ3) is 3.40. The molecule has 1 aromatic rings. The smallest absolute Gasteiger partial charge is 0.406 e. The quantitative estimate of drug-likeness (QED) is 0.437. The normalized spacial score (nSPS) is 10.7. The van der Waals surface area contributed by atoms with Gasteiger partial charge in [0.15, 0.2) is 0 Å². The van der Waals surface area contributed by atoms with Gasteiger partial charge < -0.3 is 4.74 Å². The summed E-state index contributed by atoms with van der Waals surface area (Å²) in [6.45, 7) is 0. The van der Waals surface area contributed by atoms with E-state index in [1.165, 1.54) is 0 Å². The summed E-state index contributed by atoms with van der Waals surface area (Å²) in [6, 6.07) is 2.12. The summed E-state index contributed by atoms with van der Waals surface area (Å²) >= 11 is 0. The molecule has 0 heterocycles. The van der Waals surface area contributed by atoms with Crippen LogP contribution in [0.3, 0.4) is 0 Å². The van der Waals surface area contributed by atoms with Crippen LogP contribution < -0.4 is 4.74 Å². The minimum atomic E-state index is -4.88. The topological polar surface area (TPSA) is 38.7 Å². The summed E-state index contributed by atoms with van der Waals surface area (Å²) in [5, 5.41) is 0. The van der Waals surface area contributed by atoms with Crippen LogP contribution in [0.15, 0.2) is 23.2 Å². The number of alkyl halides is 3. The van der Waals surface area contributed by atoms with Gasteiger partial charge in [0.1, 0.15) is 17.3 Å². The highest BCUT2D eigenvalue weighted by atomic mass is 19.4. The van der Waals surface area contributed by atoms with Gasteiger partial charge in [0, 0.05) is 6.07 Å². The van der Waals surface area contributed by atoms with E-state index in [0.29, 0.717) is 12.1 Å². The van der Waals surface area contributed by atoms with Crippen molar-refractivity contribution in [2.24, 2.45) is 4.99 Å². The number of aliphatic imine (C=N–C) groups is 1. The second kappa shape index (κ2) is 4.10. The van der Waals surface area contributed by atoms with Crippen LogP contribution in [0, 0.1) is 5.82 Å². The van der Waals surface area contributed by atoms with Gasteiger partial charge in [0.2, 0.25) is 6.08 Å². The molecule has 1 aromatic carbocycles. The summed E-state index contributed by atoms with van der Waals surface area (Å²) in [6.07, 6.45) is -3.86. The molecule has 0 aliphatic rings. The SMILES string of the molecule is O=C=Nc1cc(OC(F)(F)F)ccc1F. The molecule has 15 heavy (non-hydrogen) atoms. The van der Waals surface area contributed by atoms with Gasteiger partial charge in [-0.25, -0.2) is 9.18 Å². The molecular formula is C8H3F4NO2. The number of rotatable bonds is 2. The molecule has 0 atom stereocenters. The fourth-order valence-corrected chi connectivity index (χ4v) is 0.824. The Kier molecular flexibility index (Phi) is 3.06. The van der Waals surface area contributed by atoms with E-state index in [9.17, 15) is 22.4 Å². The molecule has 0 aromatic heterocycles. The first kappa shape index (κ1) is 11.2. The molecule has 0 aliphatic carbocycles. The molecule has 0 N–H and O–H groups in total. The van der Waals surface area contributed by atoms with E-state index in [0.717, 1.165) is 12.1 Å². The molecule has 1 rings (SSSR count). The molecule has 80 valence electrons. The van der Waals surface area contributed by atoms with Gasteiger partial charge in [-0.2, -0.15) is 4.99 Å². The number of halogens is 4. The Morgan fingerprint density at radius 3 is 2.53 bits per heavy atom. The zero-order chi connectivity index (χ0) is 11.5. The fourth-order valence-electron chi connectivity index (χ4n) is 0.824. The Bertz CT molecular complexity index is 410. The minimum Gasteiger partial charge on any atom is -0.406 e. The summed E-state index contributed by atoms with van der Waals surface area (Å²) < 4.78 is 51.5. The maximum Gasteiger partial charge on any atom is 0.573 e. The zero-order valence-electron chi connectivity index (χ0n) is 7.01. The second-order valence-electron chi connectivity index (χ2n) is 2.36. The van der Waals surface area contributed by atoms with E-state index in [2.05, 4.69) is 9.73 Å². The fraction of sp³-hybridized carbons (Fsp3) is 0.125. The molecule has 0 fully saturated rings. The van der Waals surface area contributed by atoms with Crippen LogP contribution in [-0.2, 0) is 4.79 Å². The van der Waals surface area contributed by atoms with E-state index >= 15 is 0 Å². The molecule has 0 spiro atoms. The van der Waals surface area contributed by atoms with Crippen LogP contribution in [0.1, 0.15) is 0 Å². The number of isocyanates is 1. The van der Waals surface area contributed by atoms with Gasteiger partial charge in [-0.3, -0.25) is 0 Å². The highest BCUT2D eigenvalue weighted by Gasteiger charge is 2.31. The van der Waals surface area contributed by atoms with Gasteiger partial charge in [-0.05, 0) is 12.1 Å². The molecule has 3 nitrogen and oxygen atoms in total. The molecule has 0 saturated heterocycles. The maximum atomic E-state index is 12.8. The number of carbonyl (C=O) groups excluding carboxylic acids is 1. The number of nitrogens with zero attached hydrogens (tertiary/aromatic N) is 1. The van der Waals surface area contributed by atoms with Gasteiger partial charge in [-0.15, -0.1) is 13.2 Å². The Morgan fingerprint density at radius 1 is 1.33 bits per heavy atom. The lowest BCUT2D eigenvalue weighted by molar-refractivity contribution is -0.274. The van der Waals surface area contributed by atoms with E-state index in [1.54, 1.807) is 0 Å². The molecule has 0 saturated carbocycles. The van der Waals surface area contributed by atoms with Crippen molar-refractivity contribution in [3.63, 3.8) is 0 Å². The van der Waals surface area contributed by atoms with Crippen LogP contribution >= 0.6 is 0 Å². The molecule has 0 amide bonds. The van der Waals surface area contributed by atoms with Crippen LogP contribution in [0.2, 0.25) is 0 Å². The average molecular weight is 221 g/mol. The second-order valence-corrected chi connectivity index (χ2v) is 2.36. The first-order chi connectivity index (χ1) is 6.92. The number of hydrogen-bond acceptors (Lipinski definition) is 3. The number of ether oxygens (including phenoxy) is 1. The van der Waals surface area contributed by atoms with Crippen molar-refractivity contribution in [3.8, 4) is 5.75 Å². The third-order valence-corrected chi connectivity index (χ3v) is 1.32. The van der Waals surface area contributed by atoms with Crippen molar-refractivity contribution in [3.05, 3.63) is 24.0 Å². The Morgan fingerprint density at radius 2 is 2.00 bits per heavy atom. The maximum absolute atomic E-state index is 12.8. The summed E-state index contributed by atoms with van der Waals surface area (Å²) in [5.41, 5.74) is -0.563. The van der Waals surface area contributed by atoms with E-state index in [1.807, 2.05) is 0 Å². The zero-order valence-corrected chi connectivity index (χ0v) is 7.01. The first-order valence-electron chi connectivity index (χ1n) is 3.55. The Hall–Kier alpha value is -1.88. The molecule has 0 unspecified atom stereocenters. The Balaban J connectivity index is 3.02. The van der Waals surface area contributed by atoms with Gasteiger partial charge in [-0.1, -0.05) is 0 Å². The predicted molar refractivity (Wildman–Crippen MR) is 40.9 cm³/mol. The van der Waals surface area contributed by atoms with Gasteiger partial charge in [0.05, 0.1) is 0 Å². The lowest BCUT2D eigenvalue weighted by Crippen LogP contribution is -2.17. The monoisotopic (exact) mass is 221 g/mol. The van der Waals surface area contributed by atoms with Crippen molar-refractivity contribution < 1.29 is 27.1 Å². The van der Waals surface area contributed by atoms with Gasteiger partial charge >= 0.3 is 6.36 Å². The molecule has 0 aliphatic heterocycles. The van der Waals surface area contributed by atoms with Crippen molar-refractivity contribution in [1.29, 1.82) is 0 Å². The van der Waals surface area contributed by atoms with Crippen LogP contribution in [0.4, 0.5) is 23.2 Å². The highest BCUT2D eigenvalue weighted by molar-refractivity contribution is 5.52. The van der Waals surface area contributed by atoms with Crippen molar-refractivity contribution in [2.45, 2.75) is 6.36 Å². The lowest BCUT2D eigenvalue weighted by atomic mass is 10.3. The summed E-state index contributed by atoms with van der Waals surface area (Å²) in [7, 11) is 0. The van der Waals surface area contributed by atoms with E-state index in [4.69, 9.17) is 0 Å². The molecule has 0 bridgehead atoms. The molecule has 7 heteroatoms. The average Bonchev–Trinajstić information content (AvgIpc) is 2.09. The van der Waals surface area contributed by atoms with Gasteiger partial charge in [0.25, 0.3) is 0 Å². The minimum absolute atomic E-state index is 0.563. The largest absolute Gasteiger partial charge is 0.573 e. The van der Waals surface area contributed by atoms with E-state index < -0.39 is 23.6 Å². The summed E-state index contributed by atoms with van der Waals surface area (Å²) in [4.78, 5) is 12.7. The lowest BCUT2D eigenvalue weighted by Gasteiger charge is -2.08. The Labute approximate surface area is 81.0 Å². The highest BCUT2D eigenvalue weighted by Crippen LogP contribution is 2.28.